The van der Waals surface area contributed by atoms with Crippen molar-refractivity contribution in [3.8, 4) is 17.3 Å². The van der Waals surface area contributed by atoms with Gasteiger partial charge in [-0.25, -0.2) is 4.98 Å². The second kappa shape index (κ2) is 10.5. The fraction of sp³-hybridized carbons (Fsp3) is 0.107. The van der Waals surface area contributed by atoms with Gasteiger partial charge < -0.3 is 5.73 Å². The van der Waals surface area contributed by atoms with Gasteiger partial charge in [0.2, 0.25) is 11.0 Å². The van der Waals surface area contributed by atoms with Crippen LogP contribution in [0.1, 0.15) is 17.0 Å². The molecule has 1 aliphatic heterocycles. The van der Waals surface area contributed by atoms with Crippen LogP contribution < -0.4 is 10.7 Å². The van der Waals surface area contributed by atoms with Gasteiger partial charge in [-0.3, -0.25) is 9.59 Å². The van der Waals surface area contributed by atoms with Crippen LogP contribution in [0, 0.1) is 23.2 Å². The molecule has 5 rings (SSSR count). The molecule has 3 aromatic carbocycles. The highest BCUT2D eigenvalue weighted by Crippen LogP contribution is 2.41. The van der Waals surface area contributed by atoms with E-state index in [0.29, 0.717) is 22.0 Å². The van der Waals surface area contributed by atoms with E-state index in [9.17, 15) is 14.9 Å². The molecule has 0 saturated carbocycles. The molecular weight excluding hydrogens is 550 g/mol. The van der Waals surface area contributed by atoms with Crippen LogP contribution in [0.25, 0.3) is 11.3 Å². The van der Waals surface area contributed by atoms with Crippen molar-refractivity contribution in [3.05, 3.63) is 106 Å². The highest BCUT2D eigenvalue weighted by Gasteiger charge is 2.48. The first-order valence-corrected chi connectivity index (χ1v) is 13.1. The normalized spacial score (nSPS) is 16.6. The van der Waals surface area contributed by atoms with Crippen LogP contribution in [0.3, 0.4) is 0 Å². The van der Waals surface area contributed by atoms with E-state index < -0.39 is 23.7 Å². The number of carbonyl (C=O) groups is 2. The number of nitrogens with two attached hydrogens (primary N) is 1. The zero-order chi connectivity index (χ0) is 25.9. The van der Waals surface area contributed by atoms with Crippen LogP contribution >= 0.6 is 27.3 Å². The van der Waals surface area contributed by atoms with Gasteiger partial charge in [-0.2, -0.15) is 15.4 Å². The molecule has 2 heterocycles. The maximum absolute atomic E-state index is 14.1. The Morgan fingerprint density at radius 1 is 1.00 bits per heavy atom. The standard InChI is InChI=1S/C28H20BrN5O2S/c29-20-13-11-18(12-14-20)23(21(15-30)26(31)35)24-25(19-9-5-2-6-10-19)33-34(27(24)36)28-32-22(16-37-28)17-7-3-1-4-8-17/h1-14,16,21,23-24H,(H2,31,35)/t21-,23-,24-/m1/s1. The van der Waals surface area contributed by atoms with E-state index in [1.165, 1.54) is 16.3 Å². The molecule has 0 bridgehead atoms. The first-order chi connectivity index (χ1) is 18.0. The zero-order valence-electron chi connectivity index (χ0n) is 19.4. The SMILES string of the molecule is N#C[C@@H](C(N)=O)[C@@H](c1ccc(Br)cc1)[C@H]1C(=O)N(c2nc(-c3ccccc3)cs2)N=C1c1ccccc1. The zero-order valence-corrected chi connectivity index (χ0v) is 21.8. The number of hydrogen-bond acceptors (Lipinski definition) is 6. The Hall–Kier alpha value is -4.13. The number of primary amides is 1. The van der Waals surface area contributed by atoms with Gasteiger partial charge in [0.25, 0.3) is 5.91 Å². The molecule has 0 spiro atoms. The molecule has 0 unspecified atom stereocenters. The Balaban J connectivity index is 1.63. The molecule has 9 heteroatoms. The molecular formula is C28H20BrN5O2S. The predicted molar refractivity (Wildman–Crippen MR) is 147 cm³/mol. The molecule has 3 atom stereocenters. The third-order valence-electron chi connectivity index (χ3n) is 6.21. The van der Waals surface area contributed by atoms with Crippen LogP contribution in [-0.2, 0) is 9.59 Å². The minimum atomic E-state index is -1.25. The number of rotatable bonds is 7. The molecule has 0 saturated heterocycles. The summed E-state index contributed by atoms with van der Waals surface area (Å²) < 4.78 is 0.829. The lowest BCUT2D eigenvalue weighted by Crippen LogP contribution is -2.39. The molecule has 182 valence electrons. The number of nitrogens with zero attached hydrogens (tertiary/aromatic N) is 4. The van der Waals surface area contributed by atoms with Gasteiger partial charge in [0.05, 0.1) is 23.4 Å². The molecule has 0 radical (unpaired) electrons. The quantitative estimate of drug-likeness (QED) is 0.323. The van der Waals surface area contributed by atoms with Crippen molar-refractivity contribution in [2.24, 2.45) is 22.7 Å². The van der Waals surface area contributed by atoms with Crippen LogP contribution in [-0.4, -0.2) is 22.5 Å². The number of nitriles is 1. The number of aromatic nitrogens is 1. The van der Waals surface area contributed by atoms with E-state index in [-0.39, 0.29) is 5.91 Å². The number of carbonyl (C=O) groups excluding carboxylic acids is 2. The monoisotopic (exact) mass is 569 g/mol. The van der Waals surface area contributed by atoms with Gasteiger partial charge >= 0.3 is 0 Å². The topological polar surface area (TPSA) is 112 Å². The smallest absolute Gasteiger partial charge is 0.259 e. The second-order valence-corrected chi connectivity index (χ2v) is 10.2. The number of benzene rings is 3. The Morgan fingerprint density at radius 3 is 2.22 bits per heavy atom. The minimum absolute atomic E-state index is 0.373. The number of halogens is 1. The first kappa shape index (κ1) is 24.6. The van der Waals surface area contributed by atoms with Crippen LogP contribution in [0.2, 0.25) is 0 Å². The van der Waals surface area contributed by atoms with E-state index in [2.05, 4.69) is 20.9 Å². The van der Waals surface area contributed by atoms with Crippen molar-refractivity contribution in [1.82, 2.24) is 4.98 Å². The molecule has 7 nitrogen and oxygen atoms in total. The molecule has 0 aliphatic carbocycles. The van der Waals surface area contributed by atoms with Crippen molar-refractivity contribution in [1.29, 1.82) is 5.26 Å². The maximum Gasteiger partial charge on any atom is 0.259 e. The minimum Gasteiger partial charge on any atom is -0.369 e. The van der Waals surface area contributed by atoms with Crippen molar-refractivity contribution in [2.75, 3.05) is 5.01 Å². The maximum atomic E-state index is 14.1. The molecule has 1 aromatic heterocycles. The summed E-state index contributed by atoms with van der Waals surface area (Å²) in [6.07, 6.45) is 0. The molecule has 0 fully saturated rings. The summed E-state index contributed by atoms with van der Waals surface area (Å²) in [5.74, 6) is -4.19. The van der Waals surface area contributed by atoms with Gasteiger partial charge in [0.15, 0.2) is 0 Å². The van der Waals surface area contributed by atoms with Crippen molar-refractivity contribution < 1.29 is 9.59 Å². The van der Waals surface area contributed by atoms with Crippen molar-refractivity contribution in [2.45, 2.75) is 5.92 Å². The van der Waals surface area contributed by atoms with Crippen LogP contribution in [0.5, 0.6) is 0 Å². The molecule has 1 aliphatic rings. The summed E-state index contributed by atoms with van der Waals surface area (Å²) in [4.78, 5) is 31.2. The average Bonchev–Trinajstić information content (AvgIpc) is 3.54. The Bertz CT molecular complexity index is 1510. The highest BCUT2D eigenvalue weighted by molar-refractivity contribution is 9.10. The fourth-order valence-corrected chi connectivity index (χ4v) is 5.51. The lowest BCUT2D eigenvalue weighted by Gasteiger charge is -2.26. The molecule has 4 aromatic rings. The largest absolute Gasteiger partial charge is 0.369 e. The second-order valence-electron chi connectivity index (χ2n) is 8.45. The number of thiazole rings is 1. The Labute approximate surface area is 226 Å². The van der Waals surface area contributed by atoms with E-state index in [1.807, 2.05) is 72.1 Å². The molecule has 37 heavy (non-hydrogen) atoms. The third kappa shape index (κ3) is 4.81. The van der Waals surface area contributed by atoms with E-state index >= 15 is 0 Å². The number of amides is 2. The van der Waals surface area contributed by atoms with Gasteiger partial charge in [-0.05, 0) is 23.3 Å². The number of hydrazone groups is 1. The fourth-order valence-electron chi connectivity index (χ4n) is 4.46. The highest BCUT2D eigenvalue weighted by atomic mass is 79.9. The van der Waals surface area contributed by atoms with Gasteiger partial charge in [0, 0.05) is 21.3 Å². The van der Waals surface area contributed by atoms with Gasteiger partial charge in [-0.15, -0.1) is 11.3 Å². The average molecular weight is 570 g/mol. The van der Waals surface area contributed by atoms with Crippen molar-refractivity contribution in [3.63, 3.8) is 0 Å². The Morgan fingerprint density at radius 2 is 1.62 bits per heavy atom. The lowest BCUT2D eigenvalue weighted by atomic mass is 9.73. The van der Waals surface area contributed by atoms with Gasteiger partial charge in [0.1, 0.15) is 5.92 Å². The summed E-state index contributed by atoms with van der Waals surface area (Å²) in [6.45, 7) is 0. The summed E-state index contributed by atoms with van der Waals surface area (Å²) >= 11 is 4.72. The van der Waals surface area contributed by atoms with Crippen molar-refractivity contribution >= 4 is 49.9 Å². The van der Waals surface area contributed by atoms with E-state index in [4.69, 9.17) is 10.8 Å². The van der Waals surface area contributed by atoms with E-state index in [1.54, 1.807) is 24.3 Å². The third-order valence-corrected chi connectivity index (χ3v) is 7.55. The van der Waals surface area contributed by atoms with Crippen LogP contribution in [0.15, 0.2) is 99.9 Å². The summed E-state index contributed by atoms with van der Waals surface area (Å²) in [5.41, 5.74) is 9.14. The number of anilines is 1. The first-order valence-electron chi connectivity index (χ1n) is 11.4. The van der Waals surface area contributed by atoms with Crippen LogP contribution in [0.4, 0.5) is 5.13 Å². The number of hydrogen-bond donors (Lipinski definition) is 1. The predicted octanol–water partition coefficient (Wildman–Crippen LogP) is 5.35. The Kier molecular flexibility index (Phi) is 6.95. The molecule has 2 N–H and O–H groups in total. The summed E-state index contributed by atoms with van der Waals surface area (Å²) in [5, 5.41) is 18.2. The molecule has 2 amide bonds. The summed E-state index contributed by atoms with van der Waals surface area (Å²) in [7, 11) is 0. The van der Waals surface area contributed by atoms with E-state index in [0.717, 1.165) is 15.7 Å². The van der Waals surface area contributed by atoms with Gasteiger partial charge in [-0.1, -0.05) is 88.7 Å². The lowest BCUT2D eigenvalue weighted by molar-refractivity contribution is -0.123. The summed E-state index contributed by atoms with van der Waals surface area (Å²) in [6, 6.07) is 28.2.